The molecule has 4 nitrogen and oxygen atoms in total. The molecule has 0 radical (unpaired) electrons. The quantitative estimate of drug-likeness (QED) is 0.794. The molecule has 1 atom stereocenters. The number of amides is 1. The van der Waals surface area contributed by atoms with Crippen molar-refractivity contribution < 1.29 is 4.79 Å². The van der Waals surface area contributed by atoms with Gasteiger partial charge in [-0.2, -0.15) is 0 Å². The second-order valence-electron chi connectivity index (χ2n) is 6.02. The molecule has 0 saturated carbocycles. The molecule has 5 heteroatoms. The van der Waals surface area contributed by atoms with E-state index in [9.17, 15) is 4.79 Å². The average Bonchev–Trinajstić information content (AvgIpc) is 2.83. The maximum Gasteiger partial charge on any atom is 0.225 e. The molecule has 1 aromatic rings. The molecule has 1 amide bonds. The summed E-state index contributed by atoms with van der Waals surface area (Å²) >= 11 is 6.41. The highest BCUT2D eigenvalue weighted by molar-refractivity contribution is 6.33. The van der Waals surface area contributed by atoms with Crippen molar-refractivity contribution in [3.63, 3.8) is 0 Å². The molecule has 116 valence electrons. The van der Waals surface area contributed by atoms with Crippen LogP contribution in [0, 0.1) is 5.41 Å². The van der Waals surface area contributed by atoms with Crippen LogP contribution in [0.4, 0.5) is 5.69 Å². The summed E-state index contributed by atoms with van der Waals surface area (Å²) in [5.74, 6) is -0.234. The normalized spacial score (nSPS) is 21.8. The minimum Gasteiger partial charge on any atom is -0.369 e. The number of nitrogens with zero attached hydrogens (tertiary/aromatic N) is 1. The lowest BCUT2D eigenvalue weighted by Crippen LogP contribution is -2.37. The van der Waals surface area contributed by atoms with Gasteiger partial charge in [-0.15, -0.1) is 0 Å². The maximum atomic E-state index is 11.6. The summed E-state index contributed by atoms with van der Waals surface area (Å²) < 4.78 is 0. The Hall–Kier alpha value is -1.26. The summed E-state index contributed by atoms with van der Waals surface area (Å²) in [4.78, 5) is 13.8. The Morgan fingerprint density at radius 1 is 1.52 bits per heavy atom. The molecule has 1 heterocycles. The van der Waals surface area contributed by atoms with Crippen LogP contribution in [0.2, 0.25) is 5.02 Å². The third-order valence-electron chi connectivity index (χ3n) is 4.20. The Kier molecular flexibility index (Phi) is 5.12. The highest BCUT2D eigenvalue weighted by atomic mass is 35.5. The van der Waals surface area contributed by atoms with Crippen molar-refractivity contribution in [3.8, 4) is 0 Å². The monoisotopic (exact) mass is 309 g/mol. The van der Waals surface area contributed by atoms with Gasteiger partial charge in [-0.25, -0.2) is 0 Å². The third-order valence-corrected chi connectivity index (χ3v) is 4.50. The van der Waals surface area contributed by atoms with Gasteiger partial charge < -0.3 is 16.0 Å². The third kappa shape index (κ3) is 3.50. The first-order chi connectivity index (χ1) is 9.98. The summed E-state index contributed by atoms with van der Waals surface area (Å²) in [6.45, 7) is 7.28. The Bertz CT molecular complexity index is 520. The van der Waals surface area contributed by atoms with Crippen LogP contribution in [0.15, 0.2) is 18.2 Å². The Morgan fingerprint density at radius 2 is 2.29 bits per heavy atom. The molecule has 21 heavy (non-hydrogen) atoms. The lowest BCUT2D eigenvalue weighted by Gasteiger charge is -2.26. The SMILES string of the molecule is CCCNCc1cccc(Cl)c1N1CCC(C)(C(N)=O)C1. The molecule has 1 fully saturated rings. The Morgan fingerprint density at radius 3 is 2.90 bits per heavy atom. The molecular weight excluding hydrogens is 286 g/mol. The molecular formula is C16H24ClN3O. The van der Waals surface area contributed by atoms with Crippen LogP contribution < -0.4 is 16.0 Å². The van der Waals surface area contributed by atoms with Crippen molar-refractivity contribution in [1.29, 1.82) is 0 Å². The van der Waals surface area contributed by atoms with Gasteiger partial charge in [0.2, 0.25) is 5.91 Å². The maximum absolute atomic E-state index is 11.6. The molecule has 1 aliphatic heterocycles. The number of benzene rings is 1. The summed E-state index contributed by atoms with van der Waals surface area (Å²) in [7, 11) is 0. The minimum atomic E-state index is -0.465. The first-order valence-corrected chi connectivity index (χ1v) is 7.88. The van der Waals surface area contributed by atoms with Crippen LogP contribution in [0.25, 0.3) is 0 Å². The van der Waals surface area contributed by atoms with E-state index in [4.69, 9.17) is 17.3 Å². The van der Waals surface area contributed by atoms with E-state index in [2.05, 4.69) is 23.2 Å². The van der Waals surface area contributed by atoms with Crippen LogP contribution in [-0.4, -0.2) is 25.5 Å². The number of halogens is 1. The molecule has 3 N–H and O–H groups in total. The molecule has 0 aliphatic carbocycles. The smallest absolute Gasteiger partial charge is 0.225 e. The standard InChI is InChI=1S/C16H24ClN3O/c1-3-8-19-10-12-5-4-6-13(17)14(12)20-9-7-16(2,11-20)15(18)21/h4-6,19H,3,7-11H2,1-2H3,(H2,18,21). The van der Waals surface area contributed by atoms with E-state index in [1.165, 1.54) is 5.56 Å². The lowest BCUT2D eigenvalue weighted by atomic mass is 9.89. The number of carbonyl (C=O) groups excluding carboxylic acids is 1. The molecule has 1 saturated heterocycles. The molecule has 2 rings (SSSR count). The second kappa shape index (κ2) is 6.67. The molecule has 0 spiro atoms. The van der Waals surface area contributed by atoms with Gasteiger partial charge in [0, 0.05) is 19.6 Å². The summed E-state index contributed by atoms with van der Waals surface area (Å²) in [5.41, 5.74) is 7.28. The van der Waals surface area contributed by atoms with E-state index in [1.54, 1.807) is 0 Å². The van der Waals surface area contributed by atoms with Crippen molar-refractivity contribution in [2.45, 2.75) is 33.2 Å². The number of hydrogen-bond donors (Lipinski definition) is 2. The number of hydrogen-bond acceptors (Lipinski definition) is 3. The molecule has 1 unspecified atom stereocenters. The van der Waals surface area contributed by atoms with E-state index in [-0.39, 0.29) is 5.91 Å². The van der Waals surface area contributed by atoms with Gasteiger partial charge in [-0.1, -0.05) is 30.7 Å². The topological polar surface area (TPSA) is 58.4 Å². The van der Waals surface area contributed by atoms with Gasteiger partial charge in [0.25, 0.3) is 0 Å². The average molecular weight is 310 g/mol. The zero-order valence-corrected chi connectivity index (χ0v) is 13.5. The predicted molar refractivity (Wildman–Crippen MR) is 87.6 cm³/mol. The van der Waals surface area contributed by atoms with E-state index in [0.717, 1.165) is 43.2 Å². The van der Waals surface area contributed by atoms with Crippen LogP contribution in [0.3, 0.4) is 0 Å². The van der Waals surface area contributed by atoms with E-state index in [1.807, 2.05) is 19.1 Å². The summed E-state index contributed by atoms with van der Waals surface area (Å²) in [6.07, 6.45) is 1.87. The molecule has 0 bridgehead atoms. The number of nitrogens with one attached hydrogen (secondary N) is 1. The molecule has 1 aliphatic rings. The van der Waals surface area contributed by atoms with Crippen LogP contribution >= 0.6 is 11.6 Å². The minimum absolute atomic E-state index is 0.234. The zero-order valence-electron chi connectivity index (χ0n) is 12.8. The number of nitrogens with two attached hydrogens (primary N) is 1. The zero-order chi connectivity index (χ0) is 15.5. The highest BCUT2D eigenvalue weighted by Gasteiger charge is 2.39. The number of rotatable bonds is 6. The van der Waals surface area contributed by atoms with Gasteiger partial charge in [0.1, 0.15) is 0 Å². The first-order valence-electron chi connectivity index (χ1n) is 7.51. The second-order valence-corrected chi connectivity index (χ2v) is 6.43. The van der Waals surface area contributed by atoms with Gasteiger partial charge >= 0.3 is 0 Å². The molecule has 1 aromatic carbocycles. The fraction of sp³-hybridized carbons (Fsp3) is 0.562. The van der Waals surface area contributed by atoms with E-state index >= 15 is 0 Å². The number of primary amides is 1. The summed E-state index contributed by atoms with van der Waals surface area (Å²) in [5, 5.41) is 4.14. The molecule has 0 aromatic heterocycles. The van der Waals surface area contributed by atoms with Gasteiger partial charge in [-0.3, -0.25) is 4.79 Å². The van der Waals surface area contributed by atoms with Crippen molar-refractivity contribution in [1.82, 2.24) is 5.32 Å². The van der Waals surface area contributed by atoms with E-state index < -0.39 is 5.41 Å². The fourth-order valence-corrected chi connectivity index (χ4v) is 3.12. The Labute approximate surface area is 131 Å². The van der Waals surface area contributed by atoms with Crippen molar-refractivity contribution in [3.05, 3.63) is 28.8 Å². The van der Waals surface area contributed by atoms with Crippen LogP contribution in [-0.2, 0) is 11.3 Å². The predicted octanol–water partition coefficient (Wildman–Crippen LogP) is 2.54. The van der Waals surface area contributed by atoms with Crippen molar-refractivity contribution in [2.24, 2.45) is 11.1 Å². The van der Waals surface area contributed by atoms with Crippen LogP contribution in [0.5, 0.6) is 0 Å². The van der Waals surface area contributed by atoms with Gasteiger partial charge in [-0.05, 0) is 37.9 Å². The largest absolute Gasteiger partial charge is 0.369 e. The Balaban J connectivity index is 2.21. The number of carbonyl (C=O) groups is 1. The van der Waals surface area contributed by atoms with Crippen LogP contribution in [0.1, 0.15) is 32.3 Å². The lowest BCUT2D eigenvalue weighted by molar-refractivity contribution is -0.125. The van der Waals surface area contributed by atoms with Gasteiger partial charge in [0.05, 0.1) is 16.1 Å². The number of para-hydroxylation sites is 1. The number of anilines is 1. The van der Waals surface area contributed by atoms with Gasteiger partial charge in [0.15, 0.2) is 0 Å². The highest BCUT2D eigenvalue weighted by Crippen LogP contribution is 2.38. The van der Waals surface area contributed by atoms with Crippen molar-refractivity contribution in [2.75, 3.05) is 24.5 Å². The fourth-order valence-electron chi connectivity index (χ4n) is 2.81. The summed E-state index contributed by atoms with van der Waals surface area (Å²) in [6, 6.07) is 5.96. The van der Waals surface area contributed by atoms with Crippen molar-refractivity contribution >= 4 is 23.2 Å². The van der Waals surface area contributed by atoms with E-state index in [0.29, 0.717) is 6.54 Å². The first kappa shape index (κ1) is 16.1.